The fourth-order valence-corrected chi connectivity index (χ4v) is 1.19. The van der Waals surface area contributed by atoms with Crippen molar-refractivity contribution >= 4 is 6.41 Å². The molecule has 1 rings (SSSR count). The van der Waals surface area contributed by atoms with Crippen LogP contribution >= 0.6 is 0 Å². The van der Waals surface area contributed by atoms with Crippen LogP contribution in [0, 0.1) is 0 Å². The molecular formula is C7H14N3O. The average molecular weight is 156 g/mol. The number of nitrogens with one attached hydrogen (secondary N) is 1. The van der Waals surface area contributed by atoms with Crippen molar-refractivity contribution in [3.8, 4) is 0 Å². The highest BCUT2D eigenvalue weighted by Gasteiger charge is 2.07. The van der Waals surface area contributed by atoms with Gasteiger partial charge in [-0.25, -0.2) is 0 Å². The van der Waals surface area contributed by atoms with Crippen molar-refractivity contribution in [1.29, 1.82) is 0 Å². The van der Waals surface area contributed by atoms with Crippen LogP contribution in [0.25, 0.3) is 0 Å². The summed E-state index contributed by atoms with van der Waals surface area (Å²) in [5.41, 5.74) is 0. The summed E-state index contributed by atoms with van der Waals surface area (Å²) in [5.74, 6) is 0. The van der Waals surface area contributed by atoms with Crippen molar-refractivity contribution < 1.29 is 4.79 Å². The van der Waals surface area contributed by atoms with E-state index in [1.165, 1.54) is 0 Å². The van der Waals surface area contributed by atoms with Crippen LogP contribution in [-0.4, -0.2) is 50.6 Å². The molecule has 1 N–H and O–H groups in total. The standard InChI is InChI=1S/C7H14N3O/c11-7-9-3-6-10-4-1-8-2-5-10/h7-8H,1-6H2. The van der Waals surface area contributed by atoms with Crippen molar-refractivity contribution in [1.82, 2.24) is 15.5 Å². The van der Waals surface area contributed by atoms with E-state index in [0.29, 0.717) is 13.0 Å². The van der Waals surface area contributed by atoms with Crippen LogP contribution in [-0.2, 0) is 4.79 Å². The molecule has 11 heavy (non-hydrogen) atoms. The first-order valence-corrected chi connectivity index (χ1v) is 3.97. The third-order valence-electron chi connectivity index (χ3n) is 1.83. The molecule has 4 heteroatoms. The number of carbonyl (C=O) groups is 1. The van der Waals surface area contributed by atoms with Gasteiger partial charge in [0.2, 0.25) is 6.41 Å². The predicted molar refractivity (Wildman–Crippen MR) is 42.4 cm³/mol. The molecule has 0 bridgehead atoms. The second-order valence-electron chi connectivity index (χ2n) is 2.60. The Morgan fingerprint density at radius 1 is 1.45 bits per heavy atom. The Hall–Kier alpha value is -0.610. The number of hydrogen-bond acceptors (Lipinski definition) is 3. The number of carbonyl (C=O) groups excluding carboxylic acids is 1. The van der Waals surface area contributed by atoms with Gasteiger partial charge in [0.1, 0.15) is 0 Å². The largest absolute Gasteiger partial charge is 0.314 e. The Labute approximate surface area is 66.9 Å². The number of piperazine rings is 1. The fraction of sp³-hybridized carbons (Fsp3) is 0.857. The van der Waals surface area contributed by atoms with E-state index in [-0.39, 0.29) is 0 Å². The Bertz CT molecular complexity index is 112. The molecule has 0 aromatic heterocycles. The summed E-state index contributed by atoms with van der Waals surface area (Å²) in [6.07, 6.45) is 0.627. The van der Waals surface area contributed by atoms with Gasteiger partial charge in [-0.05, 0) is 0 Å². The highest BCUT2D eigenvalue weighted by Crippen LogP contribution is 1.89. The van der Waals surface area contributed by atoms with Gasteiger partial charge in [0, 0.05) is 32.7 Å². The third kappa shape index (κ3) is 3.34. The maximum atomic E-state index is 9.85. The lowest BCUT2D eigenvalue weighted by Crippen LogP contribution is -2.45. The van der Waals surface area contributed by atoms with Gasteiger partial charge < -0.3 is 5.32 Å². The van der Waals surface area contributed by atoms with Gasteiger partial charge in [0.25, 0.3) is 0 Å². The molecule has 1 fully saturated rings. The molecule has 0 aromatic rings. The summed E-state index contributed by atoms with van der Waals surface area (Å²) < 4.78 is 0. The lowest BCUT2D eigenvalue weighted by atomic mass is 10.3. The van der Waals surface area contributed by atoms with E-state index in [1.807, 2.05) is 0 Å². The van der Waals surface area contributed by atoms with Crippen LogP contribution in [0.4, 0.5) is 0 Å². The summed E-state index contributed by atoms with van der Waals surface area (Å²) in [7, 11) is 0. The molecule has 1 heterocycles. The third-order valence-corrected chi connectivity index (χ3v) is 1.83. The van der Waals surface area contributed by atoms with E-state index in [1.54, 1.807) is 0 Å². The van der Waals surface area contributed by atoms with Gasteiger partial charge >= 0.3 is 0 Å². The van der Waals surface area contributed by atoms with Crippen LogP contribution < -0.4 is 10.6 Å². The smallest absolute Gasteiger partial charge is 0.228 e. The monoisotopic (exact) mass is 156 g/mol. The molecule has 0 atom stereocenters. The SMILES string of the molecule is O=C[N]CCN1CCNCC1. The maximum Gasteiger partial charge on any atom is 0.228 e. The molecule has 63 valence electrons. The highest BCUT2D eigenvalue weighted by molar-refractivity contribution is 5.45. The molecule has 0 spiro atoms. The molecule has 4 nitrogen and oxygen atoms in total. The first-order valence-electron chi connectivity index (χ1n) is 3.97. The number of amides is 1. The number of hydrogen-bond donors (Lipinski definition) is 1. The Morgan fingerprint density at radius 2 is 2.18 bits per heavy atom. The second kappa shape index (κ2) is 5.09. The summed E-state index contributed by atoms with van der Waals surface area (Å²) in [4.78, 5) is 12.2. The van der Waals surface area contributed by atoms with Crippen LogP contribution in [0.1, 0.15) is 0 Å². The van der Waals surface area contributed by atoms with Crippen molar-refractivity contribution in [2.24, 2.45) is 0 Å². The highest BCUT2D eigenvalue weighted by atomic mass is 16.1. The van der Waals surface area contributed by atoms with E-state index < -0.39 is 0 Å². The van der Waals surface area contributed by atoms with Crippen LogP contribution in [0.3, 0.4) is 0 Å². The lowest BCUT2D eigenvalue weighted by Gasteiger charge is -2.26. The minimum absolute atomic E-state index is 0.627. The second-order valence-corrected chi connectivity index (χ2v) is 2.60. The van der Waals surface area contributed by atoms with Gasteiger partial charge in [-0.2, -0.15) is 0 Å². The number of rotatable bonds is 4. The minimum atomic E-state index is 0.627. The Balaban J connectivity index is 2.00. The van der Waals surface area contributed by atoms with Gasteiger partial charge in [0.15, 0.2) is 0 Å². The van der Waals surface area contributed by atoms with E-state index in [2.05, 4.69) is 15.5 Å². The van der Waals surface area contributed by atoms with E-state index in [0.717, 1.165) is 32.7 Å². The topological polar surface area (TPSA) is 46.4 Å². The Kier molecular flexibility index (Phi) is 3.93. The lowest BCUT2D eigenvalue weighted by molar-refractivity contribution is -0.109. The summed E-state index contributed by atoms with van der Waals surface area (Å²) in [6, 6.07) is 0. The molecule has 0 aliphatic carbocycles. The summed E-state index contributed by atoms with van der Waals surface area (Å²) >= 11 is 0. The minimum Gasteiger partial charge on any atom is -0.314 e. The number of nitrogens with zero attached hydrogens (tertiary/aromatic N) is 2. The molecule has 1 aliphatic heterocycles. The molecule has 0 aromatic carbocycles. The van der Waals surface area contributed by atoms with Gasteiger partial charge in [-0.15, -0.1) is 0 Å². The van der Waals surface area contributed by atoms with Gasteiger partial charge in [0.05, 0.1) is 6.54 Å². The molecule has 0 saturated carbocycles. The van der Waals surface area contributed by atoms with Crippen molar-refractivity contribution in [3.05, 3.63) is 0 Å². The zero-order chi connectivity index (χ0) is 7.94. The van der Waals surface area contributed by atoms with Gasteiger partial charge in [-0.3, -0.25) is 15.0 Å². The molecule has 1 saturated heterocycles. The first-order chi connectivity index (χ1) is 5.43. The molecule has 1 aliphatic rings. The van der Waals surface area contributed by atoms with Crippen LogP contribution in [0.5, 0.6) is 0 Å². The summed E-state index contributed by atoms with van der Waals surface area (Å²) in [6.45, 7) is 5.83. The van der Waals surface area contributed by atoms with Crippen molar-refractivity contribution in [2.75, 3.05) is 39.3 Å². The maximum absolute atomic E-state index is 9.85. The predicted octanol–water partition coefficient (Wildman–Crippen LogP) is -1.35. The van der Waals surface area contributed by atoms with Crippen molar-refractivity contribution in [2.45, 2.75) is 0 Å². The van der Waals surface area contributed by atoms with Crippen molar-refractivity contribution in [3.63, 3.8) is 0 Å². The zero-order valence-corrected chi connectivity index (χ0v) is 6.62. The summed E-state index contributed by atoms with van der Waals surface area (Å²) in [5, 5.41) is 6.89. The zero-order valence-electron chi connectivity index (χ0n) is 6.62. The first kappa shape index (κ1) is 8.49. The normalized spacial score (nSPS) is 19.6. The van der Waals surface area contributed by atoms with Crippen LogP contribution in [0.15, 0.2) is 0 Å². The Morgan fingerprint density at radius 3 is 2.82 bits per heavy atom. The molecular weight excluding hydrogens is 142 g/mol. The van der Waals surface area contributed by atoms with E-state index >= 15 is 0 Å². The molecule has 1 radical (unpaired) electrons. The molecule has 0 unspecified atom stereocenters. The van der Waals surface area contributed by atoms with E-state index in [9.17, 15) is 4.79 Å². The molecule has 1 amide bonds. The van der Waals surface area contributed by atoms with E-state index in [4.69, 9.17) is 0 Å². The average Bonchev–Trinajstić information content (AvgIpc) is 2.07. The fourth-order valence-electron chi connectivity index (χ4n) is 1.19. The van der Waals surface area contributed by atoms with Gasteiger partial charge in [-0.1, -0.05) is 0 Å². The quantitative estimate of drug-likeness (QED) is 0.404. The van der Waals surface area contributed by atoms with Crippen LogP contribution in [0.2, 0.25) is 0 Å².